The fourth-order valence-electron chi connectivity index (χ4n) is 3.12. The molecule has 0 aromatic carbocycles. The molecule has 0 saturated heterocycles. The van der Waals surface area contributed by atoms with Crippen LogP contribution in [0.2, 0.25) is 0 Å². The summed E-state index contributed by atoms with van der Waals surface area (Å²) in [6.45, 7) is 4.67. The summed E-state index contributed by atoms with van der Waals surface area (Å²) < 4.78 is 51.8. The summed E-state index contributed by atoms with van der Waals surface area (Å²) in [5, 5.41) is 0.0992. The van der Waals surface area contributed by atoms with Gasteiger partial charge in [-0.1, -0.05) is 11.3 Å². The van der Waals surface area contributed by atoms with Crippen molar-refractivity contribution >= 4 is 38.7 Å². The van der Waals surface area contributed by atoms with Gasteiger partial charge < -0.3 is 14.5 Å². The Labute approximate surface area is 187 Å². The van der Waals surface area contributed by atoms with E-state index in [9.17, 15) is 22.8 Å². The molecule has 1 unspecified atom stereocenters. The molecule has 0 aliphatic carbocycles. The van der Waals surface area contributed by atoms with Crippen molar-refractivity contribution < 1.29 is 27.4 Å². The minimum atomic E-state index is -4.75. The lowest BCUT2D eigenvalue weighted by Gasteiger charge is -2.19. The standard InChI is InChI=1S/C20H16F3N5O4S/c1-4-31-19(30)18-26-11-5-6-13(27-17(11)33-18)32-8(2)14-10(20(21,22)23)7-12-15(28-14)16(29)25-9(3)24-12/h5-8H,4H2,1-3H3,(H,24,25,29). The van der Waals surface area contributed by atoms with Gasteiger partial charge in [0.05, 0.1) is 23.4 Å². The largest absolute Gasteiger partial charge is 0.468 e. The van der Waals surface area contributed by atoms with Crippen molar-refractivity contribution in [2.24, 2.45) is 0 Å². The van der Waals surface area contributed by atoms with E-state index in [-0.39, 0.29) is 34.4 Å². The van der Waals surface area contributed by atoms with Crippen LogP contribution in [0.4, 0.5) is 13.2 Å². The predicted octanol–water partition coefficient (Wildman–Crippen LogP) is 3.97. The molecule has 0 aliphatic heterocycles. The van der Waals surface area contributed by atoms with Gasteiger partial charge in [0.2, 0.25) is 10.9 Å². The molecule has 0 saturated carbocycles. The quantitative estimate of drug-likeness (QED) is 0.427. The van der Waals surface area contributed by atoms with E-state index in [1.807, 2.05) is 0 Å². The third-order valence-corrected chi connectivity index (χ3v) is 5.44. The first kappa shape index (κ1) is 22.6. The SMILES string of the molecule is CCOC(=O)c1nc2ccc(OC(C)c3nc4c(=O)[nH]c(C)nc4cc3C(F)(F)F)nc2s1. The molecule has 0 radical (unpaired) electrons. The number of fused-ring (bicyclic) bond motifs is 2. The predicted molar refractivity (Wildman–Crippen MR) is 112 cm³/mol. The number of thiazole rings is 1. The van der Waals surface area contributed by atoms with Crippen LogP contribution in [0.5, 0.6) is 5.88 Å². The molecule has 0 bridgehead atoms. The van der Waals surface area contributed by atoms with Crippen LogP contribution in [0.25, 0.3) is 21.4 Å². The van der Waals surface area contributed by atoms with Crippen LogP contribution in [0.1, 0.15) is 46.8 Å². The summed E-state index contributed by atoms with van der Waals surface area (Å²) in [6.07, 6.45) is -5.97. The number of hydrogen-bond donors (Lipinski definition) is 1. The van der Waals surface area contributed by atoms with Crippen molar-refractivity contribution in [1.29, 1.82) is 0 Å². The van der Waals surface area contributed by atoms with E-state index < -0.39 is 35.1 Å². The second kappa shape index (κ2) is 8.39. The zero-order valence-electron chi connectivity index (χ0n) is 17.5. The maximum absolute atomic E-state index is 13.8. The number of carbonyl (C=O) groups excluding carboxylic acids is 1. The first-order valence-electron chi connectivity index (χ1n) is 9.67. The van der Waals surface area contributed by atoms with E-state index in [1.165, 1.54) is 26.0 Å². The van der Waals surface area contributed by atoms with Gasteiger partial charge in [0, 0.05) is 6.07 Å². The first-order chi connectivity index (χ1) is 15.6. The van der Waals surface area contributed by atoms with E-state index in [2.05, 4.69) is 24.9 Å². The molecule has 172 valence electrons. The molecule has 4 aromatic heterocycles. The summed E-state index contributed by atoms with van der Waals surface area (Å²) >= 11 is 0.969. The number of aromatic nitrogens is 5. The van der Waals surface area contributed by atoms with Crippen molar-refractivity contribution in [1.82, 2.24) is 24.9 Å². The van der Waals surface area contributed by atoms with Crippen LogP contribution in [-0.2, 0) is 10.9 Å². The molecule has 13 heteroatoms. The Morgan fingerprint density at radius 3 is 2.64 bits per heavy atom. The lowest BCUT2D eigenvalue weighted by molar-refractivity contribution is -0.139. The van der Waals surface area contributed by atoms with Gasteiger partial charge in [0.1, 0.15) is 22.3 Å². The Morgan fingerprint density at radius 2 is 1.94 bits per heavy atom. The second-order valence-electron chi connectivity index (χ2n) is 6.91. The van der Waals surface area contributed by atoms with E-state index in [1.54, 1.807) is 6.92 Å². The third kappa shape index (κ3) is 4.49. The number of rotatable bonds is 5. The van der Waals surface area contributed by atoms with Gasteiger partial charge in [-0.2, -0.15) is 13.2 Å². The number of ether oxygens (including phenoxy) is 2. The van der Waals surface area contributed by atoms with Crippen molar-refractivity contribution in [2.45, 2.75) is 33.1 Å². The summed E-state index contributed by atoms with van der Waals surface area (Å²) in [4.78, 5) is 43.1. The fraction of sp³-hybridized carbons (Fsp3) is 0.300. The molecule has 4 aromatic rings. The minimum absolute atomic E-state index is 0.0000193. The van der Waals surface area contributed by atoms with E-state index in [0.717, 1.165) is 17.4 Å². The summed E-state index contributed by atoms with van der Waals surface area (Å²) in [6, 6.07) is 3.73. The Balaban J connectivity index is 1.72. The summed E-state index contributed by atoms with van der Waals surface area (Å²) in [5.41, 5.74) is -2.20. The Bertz CT molecular complexity index is 1430. The lowest BCUT2D eigenvalue weighted by Crippen LogP contribution is -2.19. The highest BCUT2D eigenvalue weighted by Gasteiger charge is 2.37. The maximum Gasteiger partial charge on any atom is 0.418 e. The van der Waals surface area contributed by atoms with Gasteiger partial charge in [-0.15, -0.1) is 0 Å². The Hall–Kier alpha value is -3.61. The van der Waals surface area contributed by atoms with Crippen molar-refractivity contribution in [3.8, 4) is 5.88 Å². The van der Waals surface area contributed by atoms with Gasteiger partial charge >= 0.3 is 12.1 Å². The van der Waals surface area contributed by atoms with Crippen molar-refractivity contribution in [3.63, 3.8) is 0 Å². The number of aromatic amines is 1. The average Bonchev–Trinajstić information content (AvgIpc) is 3.16. The number of nitrogens with one attached hydrogen (secondary N) is 1. The minimum Gasteiger partial charge on any atom is -0.468 e. The molecule has 0 fully saturated rings. The zero-order chi connectivity index (χ0) is 23.9. The molecule has 9 nitrogen and oxygen atoms in total. The van der Waals surface area contributed by atoms with E-state index >= 15 is 0 Å². The van der Waals surface area contributed by atoms with Gasteiger partial charge in [0.25, 0.3) is 5.56 Å². The van der Waals surface area contributed by atoms with Crippen LogP contribution in [0.15, 0.2) is 23.0 Å². The van der Waals surface area contributed by atoms with Crippen LogP contribution in [0, 0.1) is 6.92 Å². The van der Waals surface area contributed by atoms with Crippen LogP contribution in [-0.4, -0.2) is 37.5 Å². The number of aryl methyl sites for hydroxylation is 1. The maximum atomic E-state index is 13.8. The van der Waals surface area contributed by atoms with Crippen LogP contribution < -0.4 is 10.3 Å². The number of nitrogens with zero attached hydrogens (tertiary/aromatic N) is 4. The molecule has 0 aliphatic rings. The molecule has 1 atom stereocenters. The fourth-order valence-corrected chi connectivity index (χ4v) is 3.94. The zero-order valence-corrected chi connectivity index (χ0v) is 18.3. The number of halogens is 3. The highest BCUT2D eigenvalue weighted by molar-refractivity contribution is 7.19. The average molecular weight is 479 g/mol. The first-order valence-corrected chi connectivity index (χ1v) is 10.5. The molecule has 0 spiro atoms. The number of hydrogen-bond acceptors (Lipinski definition) is 9. The van der Waals surface area contributed by atoms with Gasteiger partial charge in [-0.3, -0.25) is 4.79 Å². The van der Waals surface area contributed by atoms with Crippen LogP contribution in [0.3, 0.4) is 0 Å². The number of alkyl halides is 3. The Kier molecular flexibility index (Phi) is 5.74. The topological polar surface area (TPSA) is 120 Å². The number of pyridine rings is 2. The lowest BCUT2D eigenvalue weighted by atomic mass is 10.1. The monoisotopic (exact) mass is 479 g/mol. The molecule has 1 N–H and O–H groups in total. The number of H-pyrrole nitrogens is 1. The van der Waals surface area contributed by atoms with Crippen molar-refractivity contribution in [2.75, 3.05) is 6.61 Å². The molecule has 33 heavy (non-hydrogen) atoms. The van der Waals surface area contributed by atoms with Crippen LogP contribution >= 0.6 is 11.3 Å². The number of esters is 1. The molecular formula is C20H16F3N5O4S. The summed E-state index contributed by atoms with van der Waals surface area (Å²) in [5.74, 6) is -0.427. The highest BCUT2D eigenvalue weighted by Crippen LogP contribution is 2.36. The van der Waals surface area contributed by atoms with Crippen molar-refractivity contribution in [3.05, 3.63) is 50.6 Å². The van der Waals surface area contributed by atoms with Gasteiger partial charge in [-0.25, -0.2) is 24.7 Å². The highest BCUT2D eigenvalue weighted by atomic mass is 32.1. The Morgan fingerprint density at radius 1 is 1.18 bits per heavy atom. The normalized spacial score (nSPS) is 12.8. The third-order valence-electron chi connectivity index (χ3n) is 4.50. The molecular weight excluding hydrogens is 463 g/mol. The van der Waals surface area contributed by atoms with E-state index in [0.29, 0.717) is 10.3 Å². The second-order valence-corrected chi connectivity index (χ2v) is 7.89. The van der Waals surface area contributed by atoms with Gasteiger partial charge in [-0.05, 0) is 32.9 Å². The van der Waals surface area contributed by atoms with Gasteiger partial charge in [0.15, 0.2) is 5.52 Å². The molecule has 4 heterocycles. The van der Waals surface area contributed by atoms with E-state index in [4.69, 9.17) is 9.47 Å². The smallest absolute Gasteiger partial charge is 0.418 e. The molecule has 0 amide bonds. The summed E-state index contributed by atoms with van der Waals surface area (Å²) in [7, 11) is 0. The molecule has 4 rings (SSSR count). The number of carbonyl (C=O) groups is 1.